The summed E-state index contributed by atoms with van der Waals surface area (Å²) in [5.41, 5.74) is 1.06. The molecule has 9 heteroatoms. The van der Waals surface area contributed by atoms with Crippen LogP contribution in [0, 0.1) is 10.1 Å². The average molecular weight is 384 g/mol. The highest BCUT2D eigenvalue weighted by atomic mass is 32.2. The molecule has 0 saturated heterocycles. The van der Waals surface area contributed by atoms with Crippen LogP contribution in [0.25, 0.3) is 0 Å². The van der Waals surface area contributed by atoms with E-state index in [-0.39, 0.29) is 11.8 Å². The number of benzene rings is 2. The molecule has 3 aromatic rings. The Morgan fingerprint density at radius 1 is 1.19 bits per heavy atom. The Balaban J connectivity index is 1.44. The molecule has 0 N–H and O–H groups in total. The van der Waals surface area contributed by atoms with Crippen molar-refractivity contribution in [1.29, 1.82) is 0 Å². The third kappa shape index (κ3) is 3.59. The minimum absolute atomic E-state index is 0.0828. The predicted molar refractivity (Wildman–Crippen MR) is 99.0 cm³/mol. The van der Waals surface area contributed by atoms with Crippen molar-refractivity contribution in [1.82, 2.24) is 14.8 Å². The third-order valence-electron chi connectivity index (χ3n) is 4.18. The number of nitro benzene ring substituents is 1. The van der Waals surface area contributed by atoms with Crippen LogP contribution >= 0.6 is 11.8 Å². The van der Waals surface area contributed by atoms with Gasteiger partial charge in [-0.1, -0.05) is 36.0 Å². The predicted octanol–water partition coefficient (Wildman–Crippen LogP) is 3.53. The van der Waals surface area contributed by atoms with E-state index in [0.717, 1.165) is 16.5 Å². The maximum absolute atomic E-state index is 10.7. The van der Waals surface area contributed by atoms with E-state index < -0.39 is 4.92 Å². The molecule has 0 bridgehead atoms. The van der Waals surface area contributed by atoms with Gasteiger partial charge < -0.3 is 14.0 Å². The molecule has 0 spiro atoms. The van der Waals surface area contributed by atoms with Gasteiger partial charge in [-0.3, -0.25) is 10.1 Å². The molecule has 1 atom stereocenters. The molecule has 2 heterocycles. The van der Waals surface area contributed by atoms with Crippen LogP contribution in [0.5, 0.6) is 11.5 Å². The first-order valence-electron chi connectivity index (χ1n) is 8.26. The zero-order chi connectivity index (χ0) is 18.8. The van der Waals surface area contributed by atoms with Gasteiger partial charge in [-0.15, -0.1) is 10.2 Å². The quantitative estimate of drug-likeness (QED) is 0.377. The SMILES string of the molecule is Cn1c(SCc2ccc([N+](=O)[O-])cc2)nnc1C1COc2ccccc2O1. The van der Waals surface area contributed by atoms with Gasteiger partial charge >= 0.3 is 0 Å². The largest absolute Gasteiger partial charge is 0.485 e. The third-order valence-corrected chi connectivity index (χ3v) is 5.27. The summed E-state index contributed by atoms with van der Waals surface area (Å²) in [6.07, 6.45) is -0.328. The number of fused-ring (bicyclic) bond motifs is 1. The number of nitrogens with zero attached hydrogens (tertiary/aromatic N) is 4. The van der Waals surface area contributed by atoms with Crippen molar-refractivity contribution in [3.63, 3.8) is 0 Å². The van der Waals surface area contributed by atoms with Crippen molar-refractivity contribution in [2.45, 2.75) is 17.0 Å². The first-order valence-corrected chi connectivity index (χ1v) is 9.24. The molecule has 0 radical (unpaired) electrons. The molecule has 0 aliphatic carbocycles. The molecular formula is C18H16N4O4S. The average Bonchev–Trinajstić information content (AvgIpc) is 3.06. The van der Waals surface area contributed by atoms with Crippen LogP contribution in [0.3, 0.4) is 0 Å². The second-order valence-corrected chi connectivity index (χ2v) is 6.92. The van der Waals surface area contributed by atoms with Gasteiger partial charge in [0.1, 0.15) is 6.61 Å². The van der Waals surface area contributed by atoms with Crippen LogP contribution in [0.15, 0.2) is 53.7 Å². The first kappa shape index (κ1) is 17.3. The summed E-state index contributed by atoms with van der Waals surface area (Å²) in [5.74, 6) is 2.74. The van der Waals surface area contributed by atoms with Crippen molar-refractivity contribution in [3.8, 4) is 11.5 Å². The van der Waals surface area contributed by atoms with Crippen LogP contribution in [0.1, 0.15) is 17.5 Å². The molecular weight excluding hydrogens is 368 g/mol. The van der Waals surface area contributed by atoms with Crippen molar-refractivity contribution in [2.24, 2.45) is 7.05 Å². The molecule has 4 rings (SSSR count). The van der Waals surface area contributed by atoms with E-state index in [1.165, 1.54) is 23.9 Å². The summed E-state index contributed by atoms with van der Waals surface area (Å²) in [7, 11) is 1.89. The van der Waals surface area contributed by atoms with Crippen molar-refractivity contribution < 1.29 is 14.4 Å². The number of para-hydroxylation sites is 2. The topological polar surface area (TPSA) is 92.3 Å². The van der Waals surface area contributed by atoms with E-state index in [1.54, 1.807) is 12.1 Å². The fourth-order valence-corrected chi connectivity index (χ4v) is 3.61. The lowest BCUT2D eigenvalue weighted by molar-refractivity contribution is -0.384. The lowest BCUT2D eigenvalue weighted by Gasteiger charge is -2.25. The minimum Gasteiger partial charge on any atom is -0.485 e. The van der Waals surface area contributed by atoms with E-state index in [0.29, 0.717) is 23.9 Å². The van der Waals surface area contributed by atoms with E-state index in [2.05, 4.69) is 10.2 Å². The maximum Gasteiger partial charge on any atom is 0.269 e. The van der Waals surface area contributed by atoms with Crippen molar-refractivity contribution in [2.75, 3.05) is 6.61 Å². The highest BCUT2D eigenvalue weighted by Gasteiger charge is 2.27. The van der Waals surface area contributed by atoms with Crippen LogP contribution < -0.4 is 9.47 Å². The fourth-order valence-electron chi connectivity index (χ4n) is 2.74. The van der Waals surface area contributed by atoms with E-state index in [1.807, 2.05) is 35.9 Å². The van der Waals surface area contributed by atoms with Gasteiger partial charge in [0, 0.05) is 24.9 Å². The minimum atomic E-state index is -0.406. The number of hydrogen-bond donors (Lipinski definition) is 0. The smallest absolute Gasteiger partial charge is 0.269 e. The molecule has 1 aliphatic heterocycles. The number of nitro groups is 1. The Kier molecular flexibility index (Phi) is 4.68. The van der Waals surface area contributed by atoms with Gasteiger partial charge in [-0.25, -0.2) is 0 Å². The summed E-state index contributed by atoms with van der Waals surface area (Å²) < 4.78 is 13.6. The van der Waals surface area contributed by atoms with Gasteiger partial charge in [0.2, 0.25) is 0 Å². The monoisotopic (exact) mass is 384 g/mol. The number of ether oxygens (including phenoxy) is 2. The number of hydrogen-bond acceptors (Lipinski definition) is 7. The molecule has 138 valence electrons. The molecule has 0 saturated carbocycles. The van der Waals surface area contributed by atoms with Gasteiger partial charge in [0.15, 0.2) is 28.6 Å². The van der Waals surface area contributed by atoms with Crippen molar-refractivity contribution >= 4 is 17.4 Å². The molecule has 0 fully saturated rings. The van der Waals surface area contributed by atoms with Crippen LogP contribution in [-0.2, 0) is 12.8 Å². The summed E-state index contributed by atoms with van der Waals surface area (Å²) >= 11 is 1.51. The zero-order valence-electron chi connectivity index (χ0n) is 14.4. The Labute approximate surface area is 159 Å². The van der Waals surface area contributed by atoms with Crippen LogP contribution in [0.4, 0.5) is 5.69 Å². The number of thioether (sulfide) groups is 1. The molecule has 8 nitrogen and oxygen atoms in total. The van der Waals surface area contributed by atoms with Crippen LogP contribution in [-0.4, -0.2) is 26.3 Å². The summed E-state index contributed by atoms with van der Waals surface area (Å²) in [5, 5.41) is 20.0. The highest BCUT2D eigenvalue weighted by Crippen LogP contribution is 2.36. The zero-order valence-corrected chi connectivity index (χ0v) is 15.3. The fraction of sp³-hybridized carbons (Fsp3) is 0.222. The maximum atomic E-state index is 10.7. The van der Waals surface area contributed by atoms with Gasteiger partial charge in [0.05, 0.1) is 4.92 Å². The lowest BCUT2D eigenvalue weighted by Crippen LogP contribution is -2.24. The Hall–Kier alpha value is -3.07. The molecule has 1 unspecified atom stereocenters. The number of non-ortho nitro benzene ring substituents is 1. The van der Waals surface area contributed by atoms with Gasteiger partial charge in [-0.2, -0.15) is 0 Å². The first-order chi connectivity index (χ1) is 13.1. The second-order valence-electron chi connectivity index (χ2n) is 5.98. The standard InChI is InChI=1S/C18H16N4O4S/c1-21-17(16-10-25-14-4-2-3-5-15(14)26-16)19-20-18(21)27-11-12-6-8-13(9-7-12)22(23)24/h2-9,16H,10-11H2,1H3. The van der Waals surface area contributed by atoms with E-state index in [9.17, 15) is 10.1 Å². The van der Waals surface area contributed by atoms with Gasteiger partial charge in [0.25, 0.3) is 5.69 Å². The number of aromatic nitrogens is 3. The molecule has 1 aromatic heterocycles. The Morgan fingerprint density at radius 2 is 1.93 bits per heavy atom. The van der Waals surface area contributed by atoms with Gasteiger partial charge in [-0.05, 0) is 17.7 Å². The molecule has 0 amide bonds. The van der Waals surface area contributed by atoms with Crippen LogP contribution in [0.2, 0.25) is 0 Å². The normalized spacial score (nSPS) is 15.5. The molecule has 2 aromatic carbocycles. The van der Waals surface area contributed by atoms with E-state index >= 15 is 0 Å². The Morgan fingerprint density at radius 3 is 2.67 bits per heavy atom. The second kappa shape index (κ2) is 7.28. The Bertz CT molecular complexity index is 974. The van der Waals surface area contributed by atoms with Crippen molar-refractivity contribution in [3.05, 3.63) is 70.0 Å². The highest BCUT2D eigenvalue weighted by molar-refractivity contribution is 7.98. The summed E-state index contributed by atoms with van der Waals surface area (Å²) in [6, 6.07) is 14.0. The van der Waals surface area contributed by atoms with E-state index in [4.69, 9.17) is 9.47 Å². The summed E-state index contributed by atoms with van der Waals surface area (Å²) in [6.45, 7) is 0.371. The molecule has 27 heavy (non-hydrogen) atoms. The summed E-state index contributed by atoms with van der Waals surface area (Å²) in [4.78, 5) is 10.3. The molecule has 1 aliphatic rings. The number of rotatable bonds is 5. The lowest BCUT2D eigenvalue weighted by atomic mass is 10.2.